The van der Waals surface area contributed by atoms with E-state index in [1.54, 1.807) is 0 Å². The van der Waals surface area contributed by atoms with Crippen molar-refractivity contribution in [3.63, 3.8) is 0 Å². The Labute approximate surface area is 218 Å². The second-order valence-electron chi connectivity index (χ2n) is 8.81. The topological polar surface area (TPSA) is 131 Å². The van der Waals surface area contributed by atoms with Gasteiger partial charge in [0.2, 0.25) is 5.91 Å². The summed E-state index contributed by atoms with van der Waals surface area (Å²) >= 11 is 0. The highest BCUT2D eigenvalue weighted by Gasteiger charge is 2.29. The minimum Gasteiger partial charge on any atom is -0.480 e. The molecule has 8 nitrogen and oxygen atoms in total. The van der Waals surface area contributed by atoms with Crippen molar-refractivity contribution in [2.75, 3.05) is 19.7 Å². The van der Waals surface area contributed by atoms with E-state index in [0.29, 0.717) is 32.4 Å². The zero-order valence-corrected chi connectivity index (χ0v) is 21.2. The van der Waals surface area contributed by atoms with Crippen LogP contribution in [-0.4, -0.2) is 48.8 Å². The average Bonchev–Trinajstić information content (AvgIpc) is 3.18. The van der Waals surface area contributed by atoms with Crippen LogP contribution in [0.4, 0.5) is 4.79 Å². The number of carboxylic acid groups (broad SMARTS) is 1. The Morgan fingerprint density at radius 3 is 2.17 bits per heavy atom. The van der Waals surface area contributed by atoms with Gasteiger partial charge in [-0.25, -0.2) is 9.59 Å². The first-order valence-electron chi connectivity index (χ1n) is 12.3. The van der Waals surface area contributed by atoms with Crippen LogP contribution in [0.3, 0.4) is 0 Å². The first-order valence-corrected chi connectivity index (χ1v) is 12.3. The number of nitrogens with two attached hydrogens (primary N) is 1. The summed E-state index contributed by atoms with van der Waals surface area (Å²) in [6.07, 6.45) is 3.83. The van der Waals surface area contributed by atoms with Crippen LogP contribution in [0.2, 0.25) is 0 Å². The molecular formula is C27H36ClN3O5. The van der Waals surface area contributed by atoms with Crippen molar-refractivity contribution in [2.24, 2.45) is 5.73 Å². The predicted octanol–water partition coefficient (Wildman–Crippen LogP) is 4.21. The summed E-state index contributed by atoms with van der Waals surface area (Å²) < 4.78 is 5.46. The van der Waals surface area contributed by atoms with Gasteiger partial charge in [0.15, 0.2) is 0 Å². The number of carbonyl (C=O) groups excluding carboxylic acids is 2. The van der Waals surface area contributed by atoms with Gasteiger partial charge in [-0.15, -0.1) is 12.4 Å². The van der Waals surface area contributed by atoms with Crippen molar-refractivity contribution in [2.45, 2.75) is 56.9 Å². The van der Waals surface area contributed by atoms with Crippen LogP contribution < -0.4 is 16.4 Å². The molecule has 2 aromatic carbocycles. The van der Waals surface area contributed by atoms with E-state index in [1.807, 2.05) is 36.4 Å². The largest absolute Gasteiger partial charge is 0.480 e. The van der Waals surface area contributed by atoms with Gasteiger partial charge in [0, 0.05) is 18.9 Å². The van der Waals surface area contributed by atoms with Crippen molar-refractivity contribution in [1.82, 2.24) is 10.6 Å². The SMILES string of the molecule is Cl.NCCCCCC(=O)NCCCC[C@H](NC(=O)OCC1c2ccccc2-c2ccccc21)C(=O)O. The minimum atomic E-state index is -1.11. The van der Waals surface area contributed by atoms with E-state index in [-0.39, 0.29) is 37.3 Å². The smallest absolute Gasteiger partial charge is 0.407 e. The third-order valence-corrected chi connectivity index (χ3v) is 6.28. The first kappa shape index (κ1) is 29.1. The van der Waals surface area contributed by atoms with Crippen molar-refractivity contribution in [3.8, 4) is 11.1 Å². The second kappa shape index (κ2) is 15.1. The summed E-state index contributed by atoms with van der Waals surface area (Å²) in [5, 5.41) is 14.8. The number of amides is 2. The standard InChI is InChI=1S/C27H35N3O5.ClH/c28-16-8-1-2-15-25(31)29-17-9-7-14-24(26(32)33)30-27(34)35-18-23-21-12-5-3-10-19(21)20-11-4-6-13-22(20)23;/h3-6,10-13,23-24H,1-2,7-9,14-18,28H2,(H,29,31)(H,30,34)(H,32,33);1H/t24-;/m0./s1. The van der Waals surface area contributed by atoms with Gasteiger partial charge in [-0.05, 0) is 60.9 Å². The lowest BCUT2D eigenvalue weighted by molar-refractivity contribution is -0.139. The van der Waals surface area contributed by atoms with Gasteiger partial charge in [0.05, 0.1) is 0 Å². The van der Waals surface area contributed by atoms with Gasteiger partial charge in [0.25, 0.3) is 0 Å². The van der Waals surface area contributed by atoms with E-state index in [2.05, 4.69) is 22.8 Å². The number of fused-ring (bicyclic) bond motifs is 3. The number of hydrogen-bond donors (Lipinski definition) is 4. The van der Waals surface area contributed by atoms with Gasteiger partial charge in [-0.2, -0.15) is 0 Å². The van der Waals surface area contributed by atoms with Crippen molar-refractivity contribution < 1.29 is 24.2 Å². The van der Waals surface area contributed by atoms with Gasteiger partial charge in [0.1, 0.15) is 12.6 Å². The lowest BCUT2D eigenvalue weighted by atomic mass is 9.98. The summed E-state index contributed by atoms with van der Waals surface area (Å²) in [5.74, 6) is -1.20. The molecule has 0 aliphatic heterocycles. The van der Waals surface area contributed by atoms with Gasteiger partial charge in [-0.3, -0.25) is 4.79 Å². The Kier molecular flexibility index (Phi) is 12.2. The summed E-state index contributed by atoms with van der Waals surface area (Å²) in [6.45, 7) is 1.24. The molecule has 0 radical (unpaired) electrons. The highest BCUT2D eigenvalue weighted by Crippen LogP contribution is 2.44. The molecule has 1 aliphatic rings. The van der Waals surface area contributed by atoms with E-state index >= 15 is 0 Å². The van der Waals surface area contributed by atoms with E-state index in [1.165, 1.54) is 0 Å². The number of rotatable bonds is 14. The van der Waals surface area contributed by atoms with Gasteiger partial charge < -0.3 is 26.2 Å². The fourth-order valence-corrected chi connectivity index (χ4v) is 4.44. The van der Waals surface area contributed by atoms with Crippen molar-refractivity contribution in [3.05, 3.63) is 59.7 Å². The number of carbonyl (C=O) groups is 3. The minimum absolute atomic E-state index is 0. The van der Waals surface area contributed by atoms with Crippen molar-refractivity contribution >= 4 is 30.4 Å². The fraction of sp³-hybridized carbons (Fsp3) is 0.444. The normalized spacial score (nSPS) is 12.6. The van der Waals surface area contributed by atoms with Crippen LogP contribution in [0.1, 0.15) is 62.0 Å². The number of unbranched alkanes of at least 4 members (excludes halogenated alkanes) is 3. The van der Waals surface area contributed by atoms with Gasteiger partial charge >= 0.3 is 12.1 Å². The van der Waals surface area contributed by atoms with Crippen LogP contribution in [0.25, 0.3) is 11.1 Å². The Balaban J connectivity index is 0.00000456. The first-order chi connectivity index (χ1) is 17.0. The highest BCUT2D eigenvalue weighted by molar-refractivity contribution is 5.85. The quantitative estimate of drug-likeness (QED) is 0.278. The summed E-state index contributed by atoms with van der Waals surface area (Å²) in [4.78, 5) is 35.8. The molecule has 0 fully saturated rings. The van der Waals surface area contributed by atoms with E-state index in [0.717, 1.165) is 41.5 Å². The predicted molar refractivity (Wildman–Crippen MR) is 141 cm³/mol. The molecule has 1 aliphatic carbocycles. The molecule has 5 N–H and O–H groups in total. The molecular weight excluding hydrogens is 482 g/mol. The Bertz CT molecular complexity index is 971. The zero-order valence-electron chi connectivity index (χ0n) is 20.4. The maximum absolute atomic E-state index is 12.4. The molecule has 36 heavy (non-hydrogen) atoms. The molecule has 0 spiro atoms. The van der Waals surface area contributed by atoms with Crippen LogP contribution in [0, 0.1) is 0 Å². The van der Waals surface area contributed by atoms with Gasteiger partial charge in [-0.1, -0.05) is 55.0 Å². The molecule has 0 aromatic heterocycles. The monoisotopic (exact) mass is 517 g/mol. The molecule has 196 valence electrons. The fourth-order valence-electron chi connectivity index (χ4n) is 4.44. The average molecular weight is 518 g/mol. The highest BCUT2D eigenvalue weighted by atomic mass is 35.5. The number of halogens is 1. The molecule has 0 heterocycles. The zero-order chi connectivity index (χ0) is 25.0. The number of nitrogens with one attached hydrogen (secondary N) is 2. The summed E-state index contributed by atoms with van der Waals surface area (Å²) in [5.41, 5.74) is 9.88. The second-order valence-corrected chi connectivity index (χ2v) is 8.81. The molecule has 2 amide bonds. The maximum Gasteiger partial charge on any atom is 0.407 e. The number of benzene rings is 2. The molecule has 0 bridgehead atoms. The molecule has 9 heteroatoms. The van der Waals surface area contributed by atoms with Crippen molar-refractivity contribution in [1.29, 1.82) is 0 Å². The number of alkyl carbamates (subject to hydrolysis) is 1. The molecule has 2 aromatic rings. The third-order valence-electron chi connectivity index (χ3n) is 6.28. The van der Waals surface area contributed by atoms with E-state index < -0.39 is 18.1 Å². The molecule has 1 atom stereocenters. The lowest BCUT2D eigenvalue weighted by Crippen LogP contribution is -2.41. The summed E-state index contributed by atoms with van der Waals surface area (Å²) in [6, 6.07) is 15.0. The number of hydrogen-bond acceptors (Lipinski definition) is 5. The Hall–Kier alpha value is -3.10. The Morgan fingerprint density at radius 1 is 0.917 bits per heavy atom. The van der Waals surface area contributed by atoms with Crippen LogP contribution in [0.5, 0.6) is 0 Å². The van der Waals surface area contributed by atoms with Crippen LogP contribution >= 0.6 is 12.4 Å². The number of ether oxygens (including phenoxy) is 1. The number of carboxylic acids is 1. The lowest BCUT2D eigenvalue weighted by Gasteiger charge is -2.17. The molecule has 3 rings (SSSR count). The molecule has 0 saturated heterocycles. The van der Waals surface area contributed by atoms with Crippen LogP contribution in [-0.2, 0) is 14.3 Å². The number of aliphatic carboxylic acids is 1. The summed E-state index contributed by atoms with van der Waals surface area (Å²) in [7, 11) is 0. The molecule has 0 unspecified atom stereocenters. The van der Waals surface area contributed by atoms with E-state index in [4.69, 9.17) is 10.5 Å². The van der Waals surface area contributed by atoms with Crippen LogP contribution in [0.15, 0.2) is 48.5 Å². The van der Waals surface area contributed by atoms with E-state index in [9.17, 15) is 19.5 Å². The molecule has 0 saturated carbocycles. The maximum atomic E-state index is 12.4. The third kappa shape index (κ3) is 8.24. The Morgan fingerprint density at radius 2 is 1.56 bits per heavy atom.